The van der Waals surface area contributed by atoms with Gasteiger partial charge in [-0.15, -0.1) is 0 Å². The number of hydrogen-bond donors (Lipinski definition) is 1. The first-order valence-electron chi connectivity index (χ1n) is 9.77. The van der Waals surface area contributed by atoms with Crippen molar-refractivity contribution in [3.63, 3.8) is 0 Å². The Morgan fingerprint density at radius 1 is 1.26 bits per heavy atom. The van der Waals surface area contributed by atoms with Crippen LogP contribution in [0, 0.1) is 0 Å². The highest BCUT2D eigenvalue weighted by atomic mass is 35.5. The molecule has 12 heteroatoms. The smallest absolute Gasteiger partial charge is 0.416 e. The molecule has 0 aliphatic rings. The summed E-state index contributed by atoms with van der Waals surface area (Å²) in [5, 5.41) is 3.17. The van der Waals surface area contributed by atoms with Gasteiger partial charge in [0.05, 0.1) is 57.0 Å². The molecule has 0 unspecified atom stereocenters. The number of nitrogens with one attached hydrogen (secondary N) is 1. The van der Waals surface area contributed by atoms with Gasteiger partial charge in [0.25, 0.3) is 5.56 Å². The Bertz CT molecular complexity index is 1450. The van der Waals surface area contributed by atoms with E-state index in [9.17, 15) is 22.8 Å². The first kappa shape index (κ1) is 23.7. The number of fused-ring (bicyclic) bond motifs is 1. The number of thiazole rings is 1. The quantitative estimate of drug-likeness (QED) is 0.292. The number of rotatable bonds is 5. The summed E-state index contributed by atoms with van der Waals surface area (Å²) < 4.78 is 46.2. The van der Waals surface area contributed by atoms with E-state index in [1.54, 1.807) is 6.07 Å². The molecule has 0 amide bonds. The summed E-state index contributed by atoms with van der Waals surface area (Å²) in [7, 11) is 1.20. The van der Waals surface area contributed by atoms with Gasteiger partial charge in [-0.25, -0.2) is 4.98 Å². The maximum absolute atomic E-state index is 13.3. The third-order valence-electron chi connectivity index (χ3n) is 4.91. The Kier molecular flexibility index (Phi) is 6.32. The van der Waals surface area contributed by atoms with Crippen LogP contribution in [-0.2, 0) is 22.1 Å². The molecule has 7 nitrogen and oxygen atoms in total. The molecule has 2 aromatic carbocycles. The zero-order chi connectivity index (χ0) is 24.6. The Morgan fingerprint density at radius 2 is 2.00 bits per heavy atom. The van der Waals surface area contributed by atoms with Gasteiger partial charge in [-0.1, -0.05) is 35.1 Å². The number of benzene rings is 2. The van der Waals surface area contributed by atoms with Crippen LogP contribution in [0.4, 0.5) is 18.9 Å². The average Bonchev–Trinajstić information content (AvgIpc) is 3.35. The molecule has 0 saturated carbocycles. The van der Waals surface area contributed by atoms with Gasteiger partial charge in [-0.05, 0) is 37.3 Å². The summed E-state index contributed by atoms with van der Waals surface area (Å²) >= 11 is 7.31. The van der Waals surface area contributed by atoms with Gasteiger partial charge in [0, 0.05) is 0 Å². The normalized spacial score (nSPS) is 12.4. The van der Waals surface area contributed by atoms with E-state index >= 15 is 0 Å². The minimum atomic E-state index is -4.59. The lowest BCUT2D eigenvalue weighted by Crippen LogP contribution is -2.20. The zero-order valence-electron chi connectivity index (χ0n) is 17.7. The van der Waals surface area contributed by atoms with Crippen LogP contribution in [0.3, 0.4) is 0 Å². The van der Waals surface area contributed by atoms with E-state index in [-0.39, 0.29) is 34.1 Å². The van der Waals surface area contributed by atoms with Crippen LogP contribution in [-0.4, -0.2) is 33.6 Å². The summed E-state index contributed by atoms with van der Waals surface area (Å²) in [5.41, 5.74) is -0.715. The molecule has 4 aromatic rings. The molecule has 0 aliphatic carbocycles. The van der Waals surface area contributed by atoms with Crippen LogP contribution in [0.2, 0.25) is 5.02 Å². The number of halogens is 4. The van der Waals surface area contributed by atoms with Gasteiger partial charge >= 0.3 is 12.1 Å². The fourth-order valence-corrected chi connectivity index (χ4v) is 4.39. The molecule has 0 fully saturated rings. The molecular formula is C22H16ClF3N4O3S. The molecular weight excluding hydrogens is 493 g/mol. The minimum absolute atomic E-state index is 0.0122. The third kappa shape index (κ3) is 4.62. The van der Waals surface area contributed by atoms with Crippen LogP contribution >= 0.6 is 22.9 Å². The zero-order valence-corrected chi connectivity index (χ0v) is 19.3. The van der Waals surface area contributed by atoms with E-state index in [4.69, 9.17) is 16.3 Å². The number of aromatic nitrogens is 3. The van der Waals surface area contributed by atoms with E-state index < -0.39 is 23.3 Å². The van der Waals surface area contributed by atoms with Crippen molar-refractivity contribution in [2.45, 2.75) is 19.5 Å². The molecule has 0 atom stereocenters. The molecule has 0 saturated heterocycles. The number of ether oxygens (including phenoxy) is 1. The highest BCUT2D eigenvalue weighted by Crippen LogP contribution is 2.35. The second-order valence-electron chi connectivity index (χ2n) is 7.18. The lowest BCUT2D eigenvalue weighted by molar-refractivity contribution is -0.140. The van der Waals surface area contributed by atoms with Gasteiger partial charge in [-0.3, -0.25) is 19.7 Å². The fourth-order valence-electron chi connectivity index (χ4n) is 3.30. The summed E-state index contributed by atoms with van der Waals surface area (Å²) in [6, 6.07) is 10.0. The van der Waals surface area contributed by atoms with Crippen LogP contribution in [0.15, 0.2) is 52.3 Å². The highest BCUT2D eigenvalue weighted by molar-refractivity contribution is 7.20. The van der Waals surface area contributed by atoms with Crippen molar-refractivity contribution in [3.8, 4) is 5.13 Å². The second-order valence-corrected chi connectivity index (χ2v) is 8.60. The second kappa shape index (κ2) is 9.07. The number of nitrogens with zero attached hydrogens (tertiary/aromatic N) is 3. The molecule has 176 valence electrons. The summed E-state index contributed by atoms with van der Waals surface area (Å²) in [6.07, 6.45) is -4.88. The molecule has 0 spiro atoms. The lowest BCUT2D eigenvalue weighted by atomic mass is 10.1. The van der Waals surface area contributed by atoms with Crippen LogP contribution in [0.1, 0.15) is 23.7 Å². The molecule has 34 heavy (non-hydrogen) atoms. The number of aliphatic imine (C=N–C) groups is 1. The van der Waals surface area contributed by atoms with Gasteiger partial charge in [0.2, 0.25) is 5.13 Å². The first-order chi connectivity index (χ1) is 16.1. The molecule has 4 rings (SSSR count). The van der Waals surface area contributed by atoms with E-state index in [0.717, 1.165) is 22.9 Å². The van der Waals surface area contributed by atoms with Crippen molar-refractivity contribution < 1.29 is 22.7 Å². The number of aromatic amines is 1. The number of carbonyl (C=O) groups excluding carboxylic acids is 1. The Morgan fingerprint density at radius 3 is 2.68 bits per heavy atom. The highest BCUT2D eigenvalue weighted by Gasteiger charge is 2.31. The standard InChI is InChI=1S/C22H16ClF3N4O3S/c1-11(27-15-9-12(22(24,25)26)7-8-13(15)23)19-16(10-18(31)33-2)29-30(20(19)32)21-28-14-5-3-4-6-17(14)34-21/h3-9,29H,10H2,1-2H3. The predicted molar refractivity (Wildman–Crippen MR) is 124 cm³/mol. The minimum Gasteiger partial charge on any atom is -0.469 e. The average molecular weight is 509 g/mol. The van der Waals surface area contributed by atoms with Crippen molar-refractivity contribution in [2.75, 3.05) is 7.11 Å². The summed E-state index contributed by atoms with van der Waals surface area (Å²) in [5.74, 6) is -0.621. The number of methoxy groups -OCH3 is 1. The van der Waals surface area contributed by atoms with Crippen molar-refractivity contribution >= 4 is 50.5 Å². The largest absolute Gasteiger partial charge is 0.469 e. The third-order valence-corrected chi connectivity index (χ3v) is 6.25. The monoisotopic (exact) mass is 508 g/mol. The van der Waals surface area contributed by atoms with Crippen molar-refractivity contribution in [1.82, 2.24) is 14.8 Å². The van der Waals surface area contributed by atoms with E-state index in [2.05, 4.69) is 15.1 Å². The number of H-pyrrole nitrogens is 1. The summed E-state index contributed by atoms with van der Waals surface area (Å²) in [4.78, 5) is 33.9. The topological polar surface area (TPSA) is 89.3 Å². The molecule has 1 N–H and O–H groups in total. The Hall–Kier alpha value is -3.44. The molecule has 0 bridgehead atoms. The summed E-state index contributed by atoms with van der Waals surface area (Å²) in [6.45, 7) is 1.45. The molecule has 0 aliphatic heterocycles. The maximum Gasteiger partial charge on any atom is 0.416 e. The number of alkyl halides is 3. The Labute approximate surface area is 199 Å². The van der Waals surface area contributed by atoms with Crippen LogP contribution < -0.4 is 5.56 Å². The van der Waals surface area contributed by atoms with Gasteiger partial charge in [0.15, 0.2) is 0 Å². The molecule has 2 aromatic heterocycles. The van der Waals surface area contributed by atoms with E-state index in [0.29, 0.717) is 10.6 Å². The van der Waals surface area contributed by atoms with Crippen molar-refractivity contribution in [1.29, 1.82) is 0 Å². The fraction of sp³-hybridized carbons (Fsp3) is 0.182. The first-order valence-corrected chi connectivity index (χ1v) is 11.0. The molecule has 0 radical (unpaired) electrons. The van der Waals surface area contributed by atoms with Gasteiger partial charge in [-0.2, -0.15) is 17.9 Å². The van der Waals surface area contributed by atoms with Crippen LogP contribution in [0.25, 0.3) is 15.3 Å². The van der Waals surface area contributed by atoms with Crippen molar-refractivity contribution in [3.05, 3.63) is 74.7 Å². The number of para-hydroxylation sites is 1. The van der Waals surface area contributed by atoms with Gasteiger partial charge < -0.3 is 4.74 Å². The van der Waals surface area contributed by atoms with Gasteiger partial charge in [0.1, 0.15) is 0 Å². The molecule has 2 heterocycles. The lowest BCUT2D eigenvalue weighted by Gasteiger charge is -2.09. The van der Waals surface area contributed by atoms with E-state index in [1.165, 1.54) is 30.1 Å². The predicted octanol–water partition coefficient (Wildman–Crippen LogP) is 5.30. The number of esters is 1. The number of hydrogen-bond acceptors (Lipinski definition) is 6. The maximum atomic E-state index is 13.3. The SMILES string of the molecule is COC(=O)Cc1[nH]n(-c2nc3ccccc3s2)c(=O)c1C(C)=Nc1cc(C(F)(F)F)ccc1Cl. The number of carbonyl (C=O) groups is 1. The van der Waals surface area contributed by atoms with Crippen molar-refractivity contribution in [2.24, 2.45) is 4.99 Å². The van der Waals surface area contributed by atoms with E-state index in [1.807, 2.05) is 18.2 Å². The van der Waals surface area contributed by atoms with Crippen LogP contribution in [0.5, 0.6) is 0 Å². The Balaban J connectivity index is 1.86.